The van der Waals surface area contributed by atoms with Gasteiger partial charge in [-0.2, -0.15) is 0 Å². The molecule has 2 aliphatic heterocycles. The van der Waals surface area contributed by atoms with Crippen LogP contribution in [-0.2, 0) is 11.2 Å². The van der Waals surface area contributed by atoms with Crippen LogP contribution in [0.2, 0.25) is 5.02 Å². The molecule has 2 aliphatic rings. The first-order valence-corrected chi connectivity index (χ1v) is 11.4. The van der Waals surface area contributed by atoms with Crippen molar-refractivity contribution in [3.05, 3.63) is 88.9 Å². The van der Waals surface area contributed by atoms with Gasteiger partial charge in [0.05, 0.1) is 12.2 Å². The number of hydrogen-bond donors (Lipinski definition) is 1. The summed E-state index contributed by atoms with van der Waals surface area (Å²) < 4.78 is 0. The molecule has 0 radical (unpaired) electrons. The number of anilines is 3. The maximum Gasteiger partial charge on any atom is 0.320 e. The molecule has 3 amide bonds. The van der Waals surface area contributed by atoms with Crippen LogP contribution < -0.4 is 15.5 Å². The molecule has 34 heavy (non-hydrogen) atoms. The molecule has 0 saturated carbocycles. The van der Waals surface area contributed by atoms with E-state index >= 15 is 0 Å². The Hall–Kier alpha value is -3.84. The zero-order valence-electron chi connectivity index (χ0n) is 18.7. The van der Waals surface area contributed by atoms with E-state index in [1.54, 1.807) is 29.2 Å². The highest BCUT2D eigenvalue weighted by molar-refractivity contribution is 6.30. The Morgan fingerprint density at radius 2 is 1.76 bits per heavy atom. The number of nitrogens with zero attached hydrogens (tertiary/aromatic N) is 4. The number of urea groups is 1. The number of aliphatic imine (C=N–C) groups is 1. The molecule has 3 aromatic carbocycles. The largest absolute Gasteiger partial charge is 0.358 e. The van der Waals surface area contributed by atoms with E-state index in [-0.39, 0.29) is 5.91 Å². The van der Waals surface area contributed by atoms with Gasteiger partial charge in [0.25, 0.3) is 5.91 Å². The summed E-state index contributed by atoms with van der Waals surface area (Å²) in [7, 11) is 2.02. The number of carbonyl (C=O) groups excluding carboxylic acids is 2. The summed E-state index contributed by atoms with van der Waals surface area (Å²) in [5.74, 6) is 0.716. The number of hydrogen-bond acceptors (Lipinski definition) is 4. The maximum atomic E-state index is 13.9. The maximum absolute atomic E-state index is 13.9. The Kier molecular flexibility index (Phi) is 5.71. The highest BCUT2D eigenvalue weighted by Gasteiger charge is 2.39. The monoisotopic (exact) mass is 473 g/mol. The van der Waals surface area contributed by atoms with Gasteiger partial charge in [0, 0.05) is 42.0 Å². The van der Waals surface area contributed by atoms with Gasteiger partial charge in [-0.15, -0.1) is 0 Å². The molecule has 0 aromatic heterocycles. The van der Waals surface area contributed by atoms with Crippen LogP contribution in [0.3, 0.4) is 0 Å². The minimum atomic E-state index is -0.793. The van der Waals surface area contributed by atoms with Crippen LogP contribution in [0.1, 0.15) is 11.1 Å². The number of carbonyl (C=O) groups is 2. The van der Waals surface area contributed by atoms with Crippen LogP contribution in [-0.4, -0.2) is 48.9 Å². The zero-order valence-corrected chi connectivity index (χ0v) is 19.4. The van der Waals surface area contributed by atoms with Crippen molar-refractivity contribution < 1.29 is 9.59 Å². The molecule has 2 heterocycles. The van der Waals surface area contributed by atoms with Crippen molar-refractivity contribution in [2.45, 2.75) is 12.5 Å². The fraction of sp³-hybridized carbons (Fsp3) is 0.192. The van der Waals surface area contributed by atoms with E-state index in [4.69, 9.17) is 17.3 Å². The third-order valence-electron chi connectivity index (χ3n) is 6.25. The molecule has 0 spiro atoms. The summed E-state index contributed by atoms with van der Waals surface area (Å²) in [6.07, 6.45) is 0.358. The van der Waals surface area contributed by atoms with Crippen molar-refractivity contribution >= 4 is 46.4 Å². The molecule has 1 atom stereocenters. The predicted octanol–water partition coefficient (Wildman–Crippen LogP) is 4.21. The smallest absolute Gasteiger partial charge is 0.320 e. The lowest BCUT2D eigenvalue weighted by molar-refractivity contribution is -0.119. The molecule has 8 heteroatoms. The number of amides is 3. The van der Waals surface area contributed by atoms with Crippen LogP contribution in [0.5, 0.6) is 0 Å². The number of likely N-dealkylation sites (N-methyl/N-ethyl adjacent to an activating group) is 1. The first-order chi connectivity index (χ1) is 16.4. The minimum Gasteiger partial charge on any atom is -0.358 e. The summed E-state index contributed by atoms with van der Waals surface area (Å²) in [6, 6.07) is 20.7. The average molecular weight is 474 g/mol. The van der Waals surface area contributed by atoms with E-state index < -0.39 is 12.1 Å². The van der Waals surface area contributed by atoms with Crippen molar-refractivity contribution in [3.63, 3.8) is 0 Å². The quantitative estimate of drug-likeness (QED) is 0.616. The molecule has 7 nitrogen and oxygen atoms in total. The zero-order chi connectivity index (χ0) is 23.8. The number of halogens is 1. The fourth-order valence-corrected chi connectivity index (χ4v) is 4.73. The number of benzene rings is 3. The van der Waals surface area contributed by atoms with E-state index in [0.717, 1.165) is 35.7 Å². The Balaban J connectivity index is 1.55. The van der Waals surface area contributed by atoms with Gasteiger partial charge in [-0.1, -0.05) is 29.8 Å². The van der Waals surface area contributed by atoms with Crippen LogP contribution in [0.4, 0.5) is 21.9 Å². The molecule has 0 saturated heterocycles. The van der Waals surface area contributed by atoms with E-state index in [9.17, 15) is 9.59 Å². The molecule has 0 bridgehead atoms. The molecule has 172 valence electrons. The average Bonchev–Trinajstić information content (AvgIpc) is 3.27. The molecular formula is C26H24ClN5O2. The number of amidine groups is 1. The van der Waals surface area contributed by atoms with E-state index in [2.05, 4.69) is 9.89 Å². The van der Waals surface area contributed by atoms with Crippen LogP contribution >= 0.6 is 11.6 Å². The van der Waals surface area contributed by atoms with Crippen LogP contribution in [0.15, 0.2) is 77.8 Å². The van der Waals surface area contributed by atoms with Crippen LogP contribution in [0, 0.1) is 0 Å². The van der Waals surface area contributed by atoms with Crippen LogP contribution in [0.25, 0.3) is 0 Å². The Morgan fingerprint density at radius 1 is 1.06 bits per heavy atom. The summed E-state index contributed by atoms with van der Waals surface area (Å²) in [5.41, 5.74) is 9.76. The normalized spacial score (nSPS) is 17.4. The molecule has 1 unspecified atom stereocenters. The first kappa shape index (κ1) is 22.0. The summed E-state index contributed by atoms with van der Waals surface area (Å²) in [5, 5.41) is 0.535. The second-order valence-corrected chi connectivity index (χ2v) is 8.82. The second-order valence-electron chi connectivity index (χ2n) is 8.38. The summed E-state index contributed by atoms with van der Waals surface area (Å²) >= 11 is 6.03. The van der Waals surface area contributed by atoms with Gasteiger partial charge in [0.15, 0.2) is 0 Å². The lowest BCUT2D eigenvalue weighted by Crippen LogP contribution is -2.55. The Bertz CT molecular complexity index is 1270. The number of primary amides is 1. The number of fused-ring (bicyclic) bond motifs is 1. The molecule has 3 aromatic rings. The number of rotatable bonds is 4. The fourth-order valence-electron chi connectivity index (χ4n) is 4.60. The standard InChI is InChI=1S/C26H24ClN5O2/c1-30-15-14-29-24(30)17-6-10-20(11-7-17)31-22-5-3-2-4-18(22)16-23(25(31)33)32(26(28)34)21-12-8-19(27)9-13-21/h2-13,23H,14-16H2,1H3,(H2,28,34). The third-order valence-corrected chi connectivity index (χ3v) is 6.50. The van der Waals surface area contributed by atoms with Gasteiger partial charge >= 0.3 is 6.03 Å². The Labute approximate surface area is 203 Å². The van der Waals surface area contributed by atoms with Crippen molar-refractivity contribution in [2.24, 2.45) is 10.7 Å². The van der Waals surface area contributed by atoms with Crippen molar-refractivity contribution in [1.82, 2.24) is 4.90 Å². The van der Waals surface area contributed by atoms with E-state index in [1.165, 1.54) is 4.90 Å². The summed E-state index contributed by atoms with van der Waals surface area (Å²) in [6.45, 7) is 1.67. The van der Waals surface area contributed by atoms with Gasteiger partial charge in [-0.25, -0.2) is 4.79 Å². The lowest BCUT2D eigenvalue weighted by Gasteiger charge is -2.39. The topological polar surface area (TPSA) is 82.2 Å². The third kappa shape index (κ3) is 3.88. The van der Waals surface area contributed by atoms with Gasteiger partial charge in [-0.3, -0.25) is 19.6 Å². The van der Waals surface area contributed by atoms with Crippen molar-refractivity contribution in [2.75, 3.05) is 29.9 Å². The SMILES string of the molecule is CN1CCN=C1c1ccc(N2C(=O)C(N(C(N)=O)c3ccc(Cl)cc3)Cc3ccccc32)cc1. The van der Waals surface area contributed by atoms with Gasteiger partial charge in [-0.05, 0) is 60.2 Å². The summed E-state index contributed by atoms with van der Waals surface area (Å²) in [4.78, 5) is 36.1. The molecule has 5 rings (SSSR count). The first-order valence-electron chi connectivity index (χ1n) is 11.1. The van der Waals surface area contributed by atoms with E-state index in [1.807, 2.05) is 55.6 Å². The molecule has 2 N–H and O–H groups in total. The molecule has 0 fully saturated rings. The van der Waals surface area contributed by atoms with E-state index in [0.29, 0.717) is 22.8 Å². The van der Waals surface area contributed by atoms with Crippen molar-refractivity contribution in [1.29, 1.82) is 0 Å². The minimum absolute atomic E-state index is 0.226. The van der Waals surface area contributed by atoms with Crippen molar-refractivity contribution in [3.8, 4) is 0 Å². The number of nitrogens with two attached hydrogens (primary N) is 1. The second kappa shape index (κ2) is 8.83. The Morgan fingerprint density at radius 3 is 2.41 bits per heavy atom. The lowest BCUT2D eigenvalue weighted by atomic mass is 9.94. The van der Waals surface area contributed by atoms with Gasteiger partial charge < -0.3 is 10.6 Å². The number of para-hydroxylation sites is 1. The molecule has 0 aliphatic carbocycles. The highest BCUT2D eigenvalue weighted by Crippen LogP contribution is 2.37. The molecular weight excluding hydrogens is 450 g/mol. The highest BCUT2D eigenvalue weighted by atomic mass is 35.5. The van der Waals surface area contributed by atoms with Gasteiger partial charge in [0.1, 0.15) is 11.9 Å². The van der Waals surface area contributed by atoms with Gasteiger partial charge in [0.2, 0.25) is 0 Å². The predicted molar refractivity (Wildman–Crippen MR) is 135 cm³/mol.